The summed E-state index contributed by atoms with van der Waals surface area (Å²) in [6, 6.07) is 9.05. The van der Waals surface area contributed by atoms with Gasteiger partial charge in [-0.05, 0) is 104 Å². The molecule has 0 heteroatoms. The molecule has 1 aromatic carbocycles. The van der Waals surface area contributed by atoms with E-state index in [0.29, 0.717) is 11.8 Å². The van der Waals surface area contributed by atoms with Crippen LogP contribution in [0.3, 0.4) is 0 Å². The summed E-state index contributed by atoms with van der Waals surface area (Å²) in [5.74, 6) is 2.90. The van der Waals surface area contributed by atoms with Crippen LogP contribution in [0.4, 0.5) is 0 Å². The van der Waals surface area contributed by atoms with Crippen LogP contribution in [0.2, 0.25) is 0 Å². The molecule has 1 fully saturated rings. The average Bonchev–Trinajstić information content (AvgIpc) is 3.49. The van der Waals surface area contributed by atoms with Crippen molar-refractivity contribution >= 4 is 5.57 Å². The van der Waals surface area contributed by atoms with Gasteiger partial charge in [-0.2, -0.15) is 0 Å². The second-order valence-electron chi connectivity index (χ2n) is 10.7. The van der Waals surface area contributed by atoms with E-state index in [-0.39, 0.29) is 14.9 Å². The van der Waals surface area contributed by atoms with Gasteiger partial charge in [0.05, 0.1) is 0 Å². The summed E-state index contributed by atoms with van der Waals surface area (Å²) in [6.45, 7) is 20.9. The molecule has 38 heavy (non-hydrogen) atoms. The Morgan fingerprint density at radius 2 is 1.55 bits per heavy atom. The number of fused-ring (bicyclic) bond motifs is 1. The van der Waals surface area contributed by atoms with Gasteiger partial charge in [0.15, 0.2) is 0 Å². The summed E-state index contributed by atoms with van der Waals surface area (Å²) in [5, 5.41) is 0. The highest BCUT2D eigenvalue weighted by atomic mass is 14.3. The van der Waals surface area contributed by atoms with E-state index in [1.54, 1.807) is 22.8 Å². The van der Waals surface area contributed by atoms with Crippen molar-refractivity contribution in [2.45, 2.75) is 121 Å². The van der Waals surface area contributed by atoms with Gasteiger partial charge in [0.1, 0.15) is 0 Å². The molecule has 3 aliphatic carbocycles. The minimum atomic E-state index is 0. The van der Waals surface area contributed by atoms with Crippen molar-refractivity contribution in [3.05, 3.63) is 89.6 Å². The van der Waals surface area contributed by atoms with E-state index in [1.807, 2.05) is 20.8 Å². The summed E-state index contributed by atoms with van der Waals surface area (Å²) in [4.78, 5) is 0. The SMILES string of the molecule is C.C.C=C(C1=CC=C(CC2CCC(C3=CCc4ccccc43)CC2)C1C)C(CCC)CCC.C=CC.CC. The molecule has 3 aliphatic rings. The quantitative estimate of drug-likeness (QED) is 0.285. The Balaban J connectivity index is 0.00000183. The summed E-state index contributed by atoms with van der Waals surface area (Å²) < 4.78 is 0. The van der Waals surface area contributed by atoms with Crippen LogP contribution >= 0.6 is 0 Å². The molecule has 0 N–H and O–H groups in total. The number of benzene rings is 1. The number of rotatable bonds is 9. The highest BCUT2D eigenvalue weighted by Crippen LogP contribution is 2.45. The van der Waals surface area contributed by atoms with Gasteiger partial charge in [-0.15, -0.1) is 6.58 Å². The summed E-state index contributed by atoms with van der Waals surface area (Å²) >= 11 is 0. The molecule has 0 radical (unpaired) electrons. The van der Waals surface area contributed by atoms with Crippen LogP contribution in [0, 0.1) is 23.7 Å². The van der Waals surface area contributed by atoms with Crippen LogP contribution in [0.1, 0.15) is 125 Å². The first-order chi connectivity index (χ1) is 17.5. The Labute approximate surface area is 239 Å². The fourth-order valence-electron chi connectivity index (χ4n) is 6.45. The molecule has 214 valence electrons. The third-order valence-corrected chi connectivity index (χ3v) is 8.32. The largest absolute Gasteiger partial charge is 0.103 e. The zero-order valence-electron chi connectivity index (χ0n) is 24.4. The maximum Gasteiger partial charge on any atom is 0.00256 e. The summed E-state index contributed by atoms with van der Waals surface area (Å²) in [6.07, 6.45) is 22.2. The van der Waals surface area contributed by atoms with Crippen molar-refractivity contribution < 1.29 is 0 Å². The highest BCUT2D eigenvalue weighted by Gasteiger charge is 2.30. The fourth-order valence-corrected chi connectivity index (χ4v) is 6.45. The van der Waals surface area contributed by atoms with E-state index in [4.69, 9.17) is 0 Å². The van der Waals surface area contributed by atoms with E-state index >= 15 is 0 Å². The first-order valence-corrected chi connectivity index (χ1v) is 15.0. The van der Waals surface area contributed by atoms with Crippen LogP contribution < -0.4 is 0 Å². The Morgan fingerprint density at radius 3 is 2.13 bits per heavy atom. The second-order valence-corrected chi connectivity index (χ2v) is 10.7. The zero-order chi connectivity index (χ0) is 26.5. The van der Waals surface area contributed by atoms with Gasteiger partial charge >= 0.3 is 0 Å². The van der Waals surface area contributed by atoms with Gasteiger partial charge in [-0.1, -0.05) is 123 Å². The first kappa shape index (κ1) is 35.9. The zero-order valence-corrected chi connectivity index (χ0v) is 24.4. The standard InChI is InChI=1S/C31H42.C3H6.C2H6.2CH4/c1-5-9-25(10-6-2)22(3)29-19-18-28(23(29)4)21-24-13-15-27(16-14-24)31-20-17-26-11-7-8-12-30(26)31;1-3-2;1-2;;/h7-8,11-12,18-20,23-25,27H,3,5-6,9-10,13-17,21H2,1-2,4H3;3H,1H2,2H3;1-2H3;2*1H4. The molecule has 0 aromatic heterocycles. The fraction of sp³-hybridized carbons (Fsp3) is 0.579. The van der Waals surface area contributed by atoms with E-state index in [2.05, 4.69) is 76.4 Å². The highest BCUT2D eigenvalue weighted by molar-refractivity contribution is 5.74. The number of allylic oxidation sites excluding steroid dienone is 8. The lowest BCUT2D eigenvalue weighted by molar-refractivity contribution is 0.311. The topological polar surface area (TPSA) is 0 Å². The predicted molar refractivity (Wildman–Crippen MR) is 177 cm³/mol. The third kappa shape index (κ3) is 9.29. The van der Waals surface area contributed by atoms with Crippen molar-refractivity contribution in [3.63, 3.8) is 0 Å². The van der Waals surface area contributed by atoms with Crippen LogP contribution in [-0.2, 0) is 6.42 Å². The van der Waals surface area contributed by atoms with Crippen LogP contribution in [0.5, 0.6) is 0 Å². The molecular weight excluding hydrogens is 456 g/mol. The first-order valence-electron chi connectivity index (χ1n) is 15.0. The van der Waals surface area contributed by atoms with E-state index in [9.17, 15) is 0 Å². The van der Waals surface area contributed by atoms with Gasteiger partial charge in [0.2, 0.25) is 0 Å². The Morgan fingerprint density at radius 1 is 0.974 bits per heavy atom. The molecule has 1 atom stereocenters. The van der Waals surface area contributed by atoms with Crippen molar-refractivity contribution in [2.24, 2.45) is 23.7 Å². The molecular formula is C38H62. The smallest absolute Gasteiger partial charge is 0.00256 e. The van der Waals surface area contributed by atoms with Gasteiger partial charge < -0.3 is 0 Å². The summed E-state index contributed by atoms with van der Waals surface area (Å²) in [7, 11) is 0. The normalized spacial score (nSPS) is 21.1. The lowest BCUT2D eigenvalue weighted by Gasteiger charge is -2.31. The van der Waals surface area contributed by atoms with E-state index in [0.717, 1.165) is 18.3 Å². The van der Waals surface area contributed by atoms with Crippen LogP contribution in [-0.4, -0.2) is 0 Å². The van der Waals surface area contributed by atoms with Crippen LogP contribution in [0.15, 0.2) is 78.4 Å². The minimum absolute atomic E-state index is 0. The van der Waals surface area contributed by atoms with Gasteiger partial charge in [-0.3, -0.25) is 0 Å². The van der Waals surface area contributed by atoms with Gasteiger partial charge in [0, 0.05) is 5.92 Å². The monoisotopic (exact) mass is 518 g/mol. The van der Waals surface area contributed by atoms with Crippen molar-refractivity contribution in [1.82, 2.24) is 0 Å². The molecule has 1 saturated carbocycles. The Kier molecular flexibility index (Phi) is 18.0. The molecule has 0 nitrogen and oxygen atoms in total. The van der Waals surface area contributed by atoms with Crippen LogP contribution in [0.25, 0.3) is 5.57 Å². The van der Waals surface area contributed by atoms with E-state index < -0.39 is 0 Å². The maximum absolute atomic E-state index is 4.57. The van der Waals surface area contributed by atoms with Crippen molar-refractivity contribution in [3.8, 4) is 0 Å². The van der Waals surface area contributed by atoms with Gasteiger partial charge in [-0.25, -0.2) is 0 Å². The third-order valence-electron chi connectivity index (χ3n) is 8.32. The molecule has 0 spiro atoms. The van der Waals surface area contributed by atoms with E-state index in [1.165, 1.54) is 74.5 Å². The lowest BCUT2D eigenvalue weighted by Crippen LogP contribution is -2.17. The predicted octanol–water partition coefficient (Wildman–Crippen LogP) is 12.6. The number of hydrogen-bond donors (Lipinski definition) is 0. The Hall–Kier alpha value is -2.08. The maximum atomic E-state index is 4.57. The molecule has 0 aliphatic heterocycles. The number of hydrogen-bond acceptors (Lipinski definition) is 0. The molecule has 4 rings (SSSR count). The Bertz CT molecular complexity index is 907. The average molecular weight is 519 g/mol. The molecule has 0 saturated heterocycles. The molecule has 1 unspecified atom stereocenters. The minimum Gasteiger partial charge on any atom is -0.103 e. The molecule has 0 bridgehead atoms. The molecule has 1 aromatic rings. The lowest BCUT2D eigenvalue weighted by atomic mass is 9.74. The molecule has 0 heterocycles. The van der Waals surface area contributed by atoms with Crippen molar-refractivity contribution in [1.29, 1.82) is 0 Å². The summed E-state index contributed by atoms with van der Waals surface area (Å²) in [5.41, 5.74) is 9.35. The molecule has 0 amide bonds. The van der Waals surface area contributed by atoms with Crippen molar-refractivity contribution in [2.75, 3.05) is 0 Å². The van der Waals surface area contributed by atoms with Gasteiger partial charge in [0.25, 0.3) is 0 Å². The second kappa shape index (κ2) is 19.1.